The van der Waals surface area contributed by atoms with Crippen LogP contribution in [0.4, 0.5) is 10.7 Å². The molecule has 4 rings (SSSR count). The number of nitrogens with zero attached hydrogens (tertiary/aromatic N) is 3. The smallest absolute Gasteiger partial charge is 0.324 e. The highest BCUT2D eigenvalue weighted by molar-refractivity contribution is 7.15. The van der Waals surface area contributed by atoms with E-state index in [1.165, 1.54) is 6.07 Å². The molecule has 0 spiro atoms. The Labute approximate surface area is 171 Å². The number of benzene rings is 1. The number of hydrogen-bond donors (Lipinski definition) is 1. The van der Waals surface area contributed by atoms with Gasteiger partial charge in [0.25, 0.3) is 0 Å². The number of ketones is 1. The van der Waals surface area contributed by atoms with Crippen LogP contribution in [0.25, 0.3) is 0 Å². The fraction of sp³-hybridized carbons (Fsp3) is 0.238. The molecule has 0 fully saturated rings. The molecule has 1 aliphatic heterocycles. The number of hydrogen-bond acceptors (Lipinski definition) is 7. The average molecular weight is 406 g/mol. The number of nitriles is 1. The Balaban J connectivity index is 1.94. The number of Topliss-reactive ketones (excluding diaryl/α,β-unsaturated/α-hetero) is 1. The van der Waals surface area contributed by atoms with Gasteiger partial charge in [-0.05, 0) is 38.0 Å². The van der Waals surface area contributed by atoms with Gasteiger partial charge in [-0.3, -0.25) is 19.8 Å². The first-order valence-electron chi connectivity index (χ1n) is 9.19. The van der Waals surface area contributed by atoms with Crippen LogP contribution in [0.2, 0.25) is 0 Å². The summed E-state index contributed by atoms with van der Waals surface area (Å²) in [5.74, 6) is -0.432. The van der Waals surface area contributed by atoms with Crippen molar-refractivity contribution in [3.05, 3.63) is 79.6 Å². The van der Waals surface area contributed by atoms with Gasteiger partial charge in [-0.2, -0.15) is 5.26 Å². The lowest BCUT2D eigenvalue weighted by Gasteiger charge is -2.39. The second-order valence-corrected chi connectivity index (χ2v) is 8.18. The van der Waals surface area contributed by atoms with Crippen LogP contribution in [-0.2, 0) is 4.79 Å². The standard InChI is InChI=1S/C21H18N4O3S/c1-12-5-7-13(8-6-12)24-15-3-2-4-16(26)20(15)19(14(11-22)21(24)23)17-9-10-18(29-17)25(27)28/h5-10,19H,2-4,23H2,1H3. The third kappa shape index (κ3) is 3.09. The fourth-order valence-electron chi connectivity index (χ4n) is 3.96. The maximum absolute atomic E-state index is 13.0. The summed E-state index contributed by atoms with van der Waals surface area (Å²) in [6.45, 7) is 1.98. The van der Waals surface area contributed by atoms with Crippen LogP contribution in [0.15, 0.2) is 59.1 Å². The van der Waals surface area contributed by atoms with Crippen molar-refractivity contribution in [2.24, 2.45) is 5.73 Å². The van der Waals surface area contributed by atoms with Crippen molar-refractivity contribution >= 4 is 27.8 Å². The van der Waals surface area contributed by atoms with E-state index in [0.29, 0.717) is 29.7 Å². The van der Waals surface area contributed by atoms with Crippen molar-refractivity contribution in [2.75, 3.05) is 4.90 Å². The molecular weight excluding hydrogens is 388 g/mol. The SMILES string of the molecule is Cc1ccc(N2C(N)=C(C#N)C(c3ccc([N+](=O)[O-])s3)C3=C2CCCC3=O)cc1. The molecule has 7 nitrogen and oxygen atoms in total. The second kappa shape index (κ2) is 7.18. The number of allylic oxidation sites excluding steroid dienone is 3. The molecule has 1 unspecified atom stereocenters. The molecule has 29 heavy (non-hydrogen) atoms. The van der Waals surface area contributed by atoms with Gasteiger partial charge in [-0.15, -0.1) is 0 Å². The van der Waals surface area contributed by atoms with E-state index in [-0.39, 0.29) is 22.2 Å². The van der Waals surface area contributed by atoms with Gasteiger partial charge in [0.1, 0.15) is 5.82 Å². The molecule has 1 aromatic carbocycles. The molecule has 146 valence electrons. The number of thiophene rings is 1. The van der Waals surface area contributed by atoms with Crippen molar-refractivity contribution in [2.45, 2.75) is 32.1 Å². The highest BCUT2D eigenvalue weighted by Crippen LogP contribution is 2.48. The third-order valence-corrected chi connectivity index (χ3v) is 6.38. The summed E-state index contributed by atoms with van der Waals surface area (Å²) in [5, 5.41) is 21.0. The summed E-state index contributed by atoms with van der Waals surface area (Å²) in [6.07, 6.45) is 1.74. The first kappa shape index (κ1) is 18.9. The molecule has 0 radical (unpaired) electrons. The lowest BCUT2D eigenvalue weighted by molar-refractivity contribution is -0.380. The van der Waals surface area contributed by atoms with Crippen molar-refractivity contribution in [1.29, 1.82) is 5.26 Å². The Morgan fingerprint density at radius 2 is 1.97 bits per heavy atom. The normalized spacial score (nSPS) is 19.2. The first-order chi connectivity index (χ1) is 13.9. The minimum atomic E-state index is -0.664. The monoisotopic (exact) mass is 406 g/mol. The van der Waals surface area contributed by atoms with Gasteiger partial charge in [0.05, 0.1) is 22.5 Å². The van der Waals surface area contributed by atoms with Crippen LogP contribution in [-0.4, -0.2) is 10.7 Å². The van der Waals surface area contributed by atoms with Crippen LogP contribution < -0.4 is 10.6 Å². The number of rotatable bonds is 3. The molecule has 1 atom stereocenters. The van der Waals surface area contributed by atoms with Crippen LogP contribution in [0.5, 0.6) is 0 Å². The summed E-state index contributed by atoms with van der Waals surface area (Å²) in [7, 11) is 0. The zero-order valence-electron chi connectivity index (χ0n) is 15.7. The Morgan fingerprint density at radius 1 is 1.24 bits per heavy atom. The predicted octanol–water partition coefficient (Wildman–Crippen LogP) is 4.27. The molecule has 8 heteroatoms. The van der Waals surface area contributed by atoms with Crippen LogP contribution in [0.1, 0.15) is 35.6 Å². The number of aryl methyl sites for hydroxylation is 1. The Bertz CT molecular complexity index is 1120. The lowest BCUT2D eigenvalue weighted by atomic mass is 9.78. The van der Waals surface area contributed by atoms with E-state index in [2.05, 4.69) is 6.07 Å². The topological polar surface area (TPSA) is 113 Å². The van der Waals surface area contributed by atoms with E-state index in [4.69, 9.17) is 5.73 Å². The van der Waals surface area contributed by atoms with Crippen molar-refractivity contribution in [3.63, 3.8) is 0 Å². The lowest BCUT2D eigenvalue weighted by Crippen LogP contribution is -2.38. The summed E-state index contributed by atoms with van der Waals surface area (Å²) in [6, 6.07) is 12.9. The van der Waals surface area contributed by atoms with E-state index >= 15 is 0 Å². The maximum Gasteiger partial charge on any atom is 0.324 e. The summed E-state index contributed by atoms with van der Waals surface area (Å²) < 4.78 is 0. The Kier molecular flexibility index (Phi) is 4.68. The zero-order chi connectivity index (χ0) is 20.7. The van der Waals surface area contributed by atoms with Gasteiger partial charge in [0.2, 0.25) is 0 Å². The minimum Gasteiger partial charge on any atom is -0.384 e. The maximum atomic E-state index is 13.0. The summed E-state index contributed by atoms with van der Waals surface area (Å²) in [5.41, 5.74) is 9.89. The number of anilines is 1. The van der Waals surface area contributed by atoms with Crippen LogP contribution in [0, 0.1) is 28.4 Å². The average Bonchev–Trinajstić information content (AvgIpc) is 3.18. The molecule has 2 aliphatic rings. The highest BCUT2D eigenvalue weighted by atomic mass is 32.1. The largest absolute Gasteiger partial charge is 0.384 e. The molecule has 1 aromatic heterocycles. The summed E-state index contributed by atoms with van der Waals surface area (Å²) >= 11 is 0.981. The predicted molar refractivity (Wildman–Crippen MR) is 110 cm³/mol. The Hall–Kier alpha value is -3.44. The van der Waals surface area contributed by atoms with Gasteiger partial charge in [0.15, 0.2) is 5.78 Å². The quantitative estimate of drug-likeness (QED) is 0.601. The van der Waals surface area contributed by atoms with Crippen LogP contribution in [0.3, 0.4) is 0 Å². The van der Waals surface area contributed by atoms with E-state index in [1.54, 1.807) is 11.0 Å². The van der Waals surface area contributed by atoms with Gasteiger partial charge in [-0.1, -0.05) is 29.0 Å². The zero-order valence-corrected chi connectivity index (χ0v) is 16.5. The molecular formula is C21H18N4O3S. The highest BCUT2D eigenvalue weighted by Gasteiger charge is 2.41. The summed E-state index contributed by atoms with van der Waals surface area (Å²) in [4.78, 5) is 26.0. The number of carbonyl (C=O) groups excluding carboxylic acids is 1. The second-order valence-electron chi connectivity index (χ2n) is 7.08. The number of nitrogens with two attached hydrogens (primary N) is 1. The van der Waals surface area contributed by atoms with E-state index in [0.717, 1.165) is 28.3 Å². The number of nitro groups is 1. The molecule has 0 bridgehead atoms. The van der Waals surface area contributed by atoms with E-state index < -0.39 is 10.8 Å². The van der Waals surface area contributed by atoms with E-state index in [9.17, 15) is 20.2 Å². The van der Waals surface area contributed by atoms with Gasteiger partial charge >= 0.3 is 5.00 Å². The molecule has 2 N–H and O–H groups in total. The number of carbonyl (C=O) groups is 1. The molecule has 0 amide bonds. The van der Waals surface area contributed by atoms with Crippen LogP contribution >= 0.6 is 11.3 Å². The fourth-order valence-corrected chi connectivity index (χ4v) is 4.90. The minimum absolute atomic E-state index is 0.0257. The van der Waals surface area contributed by atoms with Crippen molar-refractivity contribution in [1.82, 2.24) is 0 Å². The third-order valence-electron chi connectivity index (χ3n) is 5.28. The Morgan fingerprint density at radius 3 is 2.59 bits per heavy atom. The van der Waals surface area contributed by atoms with E-state index in [1.807, 2.05) is 31.2 Å². The van der Waals surface area contributed by atoms with Crippen molar-refractivity contribution in [3.8, 4) is 6.07 Å². The molecule has 0 saturated heterocycles. The van der Waals surface area contributed by atoms with Crippen molar-refractivity contribution < 1.29 is 9.72 Å². The van der Waals surface area contributed by atoms with Gasteiger partial charge in [-0.25, -0.2) is 0 Å². The van der Waals surface area contributed by atoms with Gasteiger partial charge in [0, 0.05) is 34.3 Å². The molecule has 2 aromatic rings. The first-order valence-corrected chi connectivity index (χ1v) is 10.0. The molecule has 2 heterocycles. The molecule has 1 aliphatic carbocycles. The van der Waals surface area contributed by atoms with Gasteiger partial charge < -0.3 is 5.73 Å². The molecule has 0 saturated carbocycles.